The van der Waals surface area contributed by atoms with Gasteiger partial charge < -0.3 is 10.1 Å². The smallest absolute Gasteiger partial charge is 0.0754 e. The molecule has 0 aromatic carbocycles. The second kappa shape index (κ2) is 3.35. The molecule has 1 saturated carbocycles. The van der Waals surface area contributed by atoms with Crippen LogP contribution in [-0.4, -0.2) is 25.3 Å². The molecule has 1 saturated heterocycles. The molecule has 0 amide bonds. The van der Waals surface area contributed by atoms with Crippen LogP contribution in [0.25, 0.3) is 0 Å². The summed E-state index contributed by atoms with van der Waals surface area (Å²) in [5.74, 6) is 1.61. The Morgan fingerprint density at radius 2 is 2.08 bits per heavy atom. The van der Waals surface area contributed by atoms with Crippen molar-refractivity contribution < 1.29 is 4.74 Å². The van der Waals surface area contributed by atoms with Crippen LogP contribution >= 0.6 is 0 Å². The lowest BCUT2D eigenvalue weighted by atomic mass is 9.77. The summed E-state index contributed by atoms with van der Waals surface area (Å²) in [5, 5.41) is 3.56. The highest BCUT2D eigenvalue weighted by molar-refractivity contribution is 4.90. The summed E-state index contributed by atoms with van der Waals surface area (Å²) in [6, 6.07) is 0.637. The van der Waals surface area contributed by atoms with Gasteiger partial charge in [-0.2, -0.15) is 0 Å². The third-order valence-corrected chi connectivity index (χ3v) is 3.21. The lowest BCUT2D eigenvalue weighted by Crippen LogP contribution is -2.54. The van der Waals surface area contributed by atoms with Crippen molar-refractivity contribution in [1.82, 2.24) is 5.32 Å². The fraction of sp³-hybridized carbons (Fsp3) is 1.00. The predicted molar refractivity (Wildman–Crippen MR) is 49.1 cm³/mol. The molecule has 2 rings (SSSR count). The second-order valence-electron chi connectivity index (χ2n) is 4.45. The number of ether oxygens (including phenoxy) is 1. The molecule has 0 aromatic rings. The molecular formula is C10H19NO. The zero-order valence-corrected chi connectivity index (χ0v) is 8.05. The van der Waals surface area contributed by atoms with Crippen LogP contribution in [0.3, 0.4) is 0 Å². The third-order valence-electron chi connectivity index (χ3n) is 3.21. The van der Waals surface area contributed by atoms with Gasteiger partial charge in [-0.3, -0.25) is 0 Å². The number of fused-ring (bicyclic) bond motifs is 1. The maximum atomic E-state index is 5.78. The van der Waals surface area contributed by atoms with Gasteiger partial charge >= 0.3 is 0 Å². The van der Waals surface area contributed by atoms with E-state index in [1.165, 1.54) is 12.8 Å². The van der Waals surface area contributed by atoms with E-state index < -0.39 is 0 Å². The van der Waals surface area contributed by atoms with Gasteiger partial charge in [0.05, 0.1) is 12.7 Å². The molecule has 1 aliphatic carbocycles. The largest absolute Gasteiger partial charge is 0.375 e. The first-order valence-corrected chi connectivity index (χ1v) is 5.12. The summed E-state index contributed by atoms with van der Waals surface area (Å²) in [5.41, 5.74) is 0. The Balaban J connectivity index is 2.01. The number of morpholine rings is 1. The van der Waals surface area contributed by atoms with E-state index in [0.717, 1.165) is 25.0 Å². The zero-order valence-electron chi connectivity index (χ0n) is 8.05. The molecule has 12 heavy (non-hydrogen) atoms. The molecular weight excluding hydrogens is 150 g/mol. The van der Waals surface area contributed by atoms with E-state index in [2.05, 4.69) is 19.2 Å². The highest BCUT2D eigenvalue weighted by Gasteiger charge is 2.36. The molecule has 2 fully saturated rings. The summed E-state index contributed by atoms with van der Waals surface area (Å²) >= 11 is 0. The lowest BCUT2D eigenvalue weighted by Gasteiger charge is -2.42. The molecule has 2 unspecified atom stereocenters. The van der Waals surface area contributed by atoms with Crippen LogP contribution < -0.4 is 5.32 Å². The van der Waals surface area contributed by atoms with Gasteiger partial charge in [0, 0.05) is 12.6 Å². The van der Waals surface area contributed by atoms with E-state index in [0.29, 0.717) is 12.1 Å². The van der Waals surface area contributed by atoms with Gasteiger partial charge in [-0.1, -0.05) is 13.8 Å². The van der Waals surface area contributed by atoms with Gasteiger partial charge in [0.15, 0.2) is 0 Å². The highest BCUT2D eigenvalue weighted by Crippen LogP contribution is 2.32. The monoisotopic (exact) mass is 169 g/mol. The molecule has 2 heteroatoms. The summed E-state index contributed by atoms with van der Waals surface area (Å²) in [6.07, 6.45) is 3.13. The van der Waals surface area contributed by atoms with E-state index in [9.17, 15) is 0 Å². The molecule has 4 atom stereocenters. The normalized spacial score (nSPS) is 48.5. The van der Waals surface area contributed by atoms with E-state index in [4.69, 9.17) is 4.74 Å². The van der Waals surface area contributed by atoms with E-state index in [-0.39, 0.29) is 0 Å². The van der Waals surface area contributed by atoms with Crippen molar-refractivity contribution in [3.63, 3.8) is 0 Å². The fourth-order valence-electron chi connectivity index (χ4n) is 2.75. The Morgan fingerprint density at radius 3 is 2.92 bits per heavy atom. The molecule has 70 valence electrons. The lowest BCUT2D eigenvalue weighted by molar-refractivity contribution is -0.0629. The van der Waals surface area contributed by atoms with Crippen molar-refractivity contribution in [2.75, 3.05) is 13.2 Å². The summed E-state index contributed by atoms with van der Waals surface area (Å²) in [7, 11) is 0. The molecule has 1 aliphatic heterocycles. The molecule has 0 bridgehead atoms. The first-order valence-electron chi connectivity index (χ1n) is 5.12. The van der Waals surface area contributed by atoms with Crippen LogP contribution in [0.15, 0.2) is 0 Å². The minimum atomic E-state index is 0.495. The van der Waals surface area contributed by atoms with Gasteiger partial charge in [-0.15, -0.1) is 0 Å². The minimum Gasteiger partial charge on any atom is -0.375 e. The van der Waals surface area contributed by atoms with E-state index in [1.54, 1.807) is 0 Å². The van der Waals surface area contributed by atoms with Crippen molar-refractivity contribution in [3.8, 4) is 0 Å². The standard InChI is InChI=1S/C10H19NO/c1-7-5-8(2)10-9(6-7)11-3-4-12-10/h7-11H,3-6H2,1-2H3/t7?,8?,9-,10+/m0/s1. The Bertz CT molecular complexity index is 160. The molecule has 2 aliphatic rings. The van der Waals surface area contributed by atoms with Gasteiger partial charge in [0.2, 0.25) is 0 Å². The highest BCUT2D eigenvalue weighted by atomic mass is 16.5. The molecule has 0 radical (unpaired) electrons. The van der Waals surface area contributed by atoms with Crippen molar-refractivity contribution in [2.24, 2.45) is 11.8 Å². The molecule has 0 spiro atoms. The quantitative estimate of drug-likeness (QED) is 0.592. The summed E-state index contributed by atoms with van der Waals surface area (Å²) in [4.78, 5) is 0. The van der Waals surface area contributed by atoms with Gasteiger partial charge in [-0.25, -0.2) is 0 Å². The Morgan fingerprint density at radius 1 is 1.25 bits per heavy atom. The van der Waals surface area contributed by atoms with Crippen LogP contribution in [0, 0.1) is 11.8 Å². The van der Waals surface area contributed by atoms with E-state index in [1.807, 2.05) is 0 Å². The first-order chi connectivity index (χ1) is 5.77. The van der Waals surface area contributed by atoms with Gasteiger partial charge in [0.1, 0.15) is 0 Å². The maximum absolute atomic E-state index is 5.78. The summed E-state index contributed by atoms with van der Waals surface area (Å²) in [6.45, 7) is 6.61. The Labute approximate surface area is 74.7 Å². The van der Waals surface area contributed by atoms with Crippen molar-refractivity contribution in [2.45, 2.75) is 38.8 Å². The number of hydrogen-bond acceptors (Lipinski definition) is 2. The average Bonchev–Trinajstić information content (AvgIpc) is 2.04. The van der Waals surface area contributed by atoms with Crippen LogP contribution in [0.2, 0.25) is 0 Å². The van der Waals surface area contributed by atoms with Crippen molar-refractivity contribution >= 4 is 0 Å². The number of nitrogens with one attached hydrogen (secondary N) is 1. The van der Waals surface area contributed by atoms with Crippen LogP contribution in [0.5, 0.6) is 0 Å². The Hall–Kier alpha value is -0.0800. The fourth-order valence-corrected chi connectivity index (χ4v) is 2.75. The number of hydrogen-bond donors (Lipinski definition) is 1. The van der Waals surface area contributed by atoms with Crippen LogP contribution in [-0.2, 0) is 4.74 Å². The zero-order chi connectivity index (χ0) is 8.55. The van der Waals surface area contributed by atoms with Gasteiger partial charge in [-0.05, 0) is 24.7 Å². The first kappa shape index (κ1) is 8.52. The minimum absolute atomic E-state index is 0.495. The second-order valence-corrected chi connectivity index (χ2v) is 4.45. The van der Waals surface area contributed by atoms with E-state index >= 15 is 0 Å². The SMILES string of the molecule is CC1CC(C)[C@H]2OCCN[C@H]2C1. The number of rotatable bonds is 0. The molecule has 2 nitrogen and oxygen atoms in total. The van der Waals surface area contributed by atoms with Crippen molar-refractivity contribution in [1.29, 1.82) is 0 Å². The molecule has 1 heterocycles. The topological polar surface area (TPSA) is 21.3 Å². The predicted octanol–water partition coefficient (Wildman–Crippen LogP) is 1.41. The maximum Gasteiger partial charge on any atom is 0.0754 e. The molecule has 1 N–H and O–H groups in total. The summed E-state index contributed by atoms with van der Waals surface area (Å²) < 4.78 is 5.78. The van der Waals surface area contributed by atoms with Crippen molar-refractivity contribution in [3.05, 3.63) is 0 Å². The Kier molecular flexibility index (Phi) is 2.37. The average molecular weight is 169 g/mol. The van der Waals surface area contributed by atoms with Crippen LogP contribution in [0.1, 0.15) is 26.7 Å². The molecule has 0 aromatic heterocycles. The van der Waals surface area contributed by atoms with Crippen LogP contribution in [0.4, 0.5) is 0 Å². The van der Waals surface area contributed by atoms with Gasteiger partial charge in [0.25, 0.3) is 0 Å². The third kappa shape index (κ3) is 1.50.